The Balaban J connectivity index is 1.34. The van der Waals surface area contributed by atoms with Gasteiger partial charge in [-0.05, 0) is 81.8 Å². The van der Waals surface area contributed by atoms with Crippen LogP contribution in [0.2, 0.25) is 0 Å². The molecule has 0 unspecified atom stereocenters. The van der Waals surface area contributed by atoms with Gasteiger partial charge in [-0.25, -0.2) is 9.78 Å². The Morgan fingerprint density at radius 2 is 1.82 bits per heavy atom. The summed E-state index contributed by atoms with van der Waals surface area (Å²) in [6.45, 7) is 9.11. The molecule has 176 valence electrons. The highest BCUT2D eigenvalue weighted by atomic mass is 16.6. The van der Waals surface area contributed by atoms with Gasteiger partial charge in [0.25, 0.3) is 0 Å². The summed E-state index contributed by atoms with van der Waals surface area (Å²) in [6.07, 6.45) is 3.56. The van der Waals surface area contributed by atoms with Gasteiger partial charge in [0.15, 0.2) is 5.82 Å². The van der Waals surface area contributed by atoms with Crippen molar-refractivity contribution in [3.63, 3.8) is 0 Å². The number of ether oxygens (including phenoxy) is 1. The maximum Gasteiger partial charge on any atom is 0.410 e. The van der Waals surface area contributed by atoms with Gasteiger partial charge < -0.3 is 9.64 Å². The van der Waals surface area contributed by atoms with Crippen molar-refractivity contribution < 1.29 is 9.53 Å². The number of piperidine rings is 1. The molecule has 1 fully saturated rings. The molecule has 2 aromatic carbocycles. The second-order valence-corrected chi connectivity index (χ2v) is 10.2. The van der Waals surface area contributed by atoms with E-state index in [9.17, 15) is 4.79 Å². The van der Waals surface area contributed by atoms with Crippen LogP contribution in [0.25, 0.3) is 33.3 Å². The van der Waals surface area contributed by atoms with E-state index in [2.05, 4.69) is 39.6 Å². The number of aromatic nitrogens is 5. The smallest absolute Gasteiger partial charge is 0.410 e. The van der Waals surface area contributed by atoms with Crippen molar-refractivity contribution in [2.45, 2.75) is 52.1 Å². The fraction of sp³-hybridized carbons (Fsp3) is 0.423. The van der Waals surface area contributed by atoms with Gasteiger partial charge >= 0.3 is 6.09 Å². The zero-order chi connectivity index (χ0) is 24.0. The predicted octanol–water partition coefficient (Wildman–Crippen LogP) is 5.00. The lowest BCUT2D eigenvalue weighted by Crippen LogP contribution is -2.41. The number of likely N-dealkylation sites (tertiary alicyclic amines) is 1. The molecule has 0 spiro atoms. The fourth-order valence-electron chi connectivity index (χ4n) is 4.61. The van der Waals surface area contributed by atoms with Crippen LogP contribution in [0.3, 0.4) is 0 Å². The average molecular weight is 459 g/mol. The number of carbonyl (C=O) groups excluding carboxylic acids is 1. The van der Waals surface area contributed by atoms with E-state index < -0.39 is 5.60 Å². The van der Waals surface area contributed by atoms with Crippen LogP contribution in [-0.4, -0.2) is 54.6 Å². The Hall–Kier alpha value is -3.55. The SMILES string of the molecule is Cc1cc(-c2nnc3cc(C4CCN(C(=O)OC(C)(C)C)CC4)ccc3n2)cc2cn(C)nc12. The summed E-state index contributed by atoms with van der Waals surface area (Å²) in [5, 5.41) is 14.5. The van der Waals surface area contributed by atoms with E-state index in [1.807, 2.05) is 51.7 Å². The van der Waals surface area contributed by atoms with Gasteiger partial charge in [-0.3, -0.25) is 4.68 Å². The minimum atomic E-state index is -0.473. The number of amides is 1. The van der Waals surface area contributed by atoms with Crippen LogP contribution < -0.4 is 0 Å². The molecular weight excluding hydrogens is 428 g/mol. The van der Waals surface area contributed by atoms with Gasteiger partial charge in [-0.15, -0.1) is 10.2 Å². The van der Waals surface area contributed by atoms with Crippen LogP contribution in [0.4, 0.5) is 4.79 Å². The van der Waals surface area contributed by atoms with Crippen molar-refractivity contribution >= 4 is 28.0 Å². The first kappa shape index (κ1) is 22.3. The number of hydrogen-bond donors (Lipinski definition) is 0. The van der Waals surface area contributed by atoms with Crippen molar-refractivity contribution in [1.29, 1.82) is 0 Å². The largest absolute Gasteiger partial charge is 0.444 e. The average Bonchev–Trinajstić information content (AvgIpc) is 3.18. The number of fused-ring (bicyclic) bond motifs is 2. The molecule has 2 aromatic heterocycles. The summed E-state index contributed by atoms with van der Waals surface area (Å²) < 4.78 is 7.33. The molecule has 0 aliphatic carbocycles. The van der Waals surface area contributed by atoms with Crippen molar-refractivity contribution in [1.82, 2.24) is 29.9 Å². The summed E-state index contributed by atoms with van der Waals surface area (Å²) in [5.41, 5.74) is 5.36. The van der Waals surface area contributed by atoms with Crippen LogP contribution in [0.1, 0.15) is 50.7 Å². The van der Waals surface area contributed by atoms with Crippen LogP contribution in [-0.2, 0) is 11.8 Å². The van der Waals surface area contributed by atoms with Crippen molar-refractivity contribution in [3.05, 3.63) is 47.7 Å². The molecule has 0 N–H and O–H groups in total. The lowest BCUT2D eigenvalue weighted by molar-refractivity contribution is 0.0205. The maximum absolute atomic E-state index is 12.3. The first-order valence-corrected chi connectivity index (χ1v) is 11.7. The Bertz CT molecular complexity index is 1380. The van der Waals surface area contributed by atoms with E-state index in [1.54, 1.807) is 4.90 Å². The zero-order valence-corrected chi connectivity index (χ0v) is 20.4. The second kappa shape index (κ2) is 8.34. The molecule has 0 saturated carbocycles. The monoisotopic (exact) mass is 458 g/mol. The van der Waals surface area contributed by atoms with E-state index in [4.69, 9.17) is 9.72 Å². The number of aryl methyl sites for hydroxylation is 2. The molecule has 0 radical (unpaired) electrons. The Morgan fingerprint density at radius 1 is 1.06 bits per heavy atom. The third-order valence-corrected chi connectivity index (χ3v) is 6.27. The van der Waals surface area contributed by atoms with Gasteiger partial charge in [0.1, 0.15) is 11.1 Å². The van der Waals surface area contributed by atoms with Gasteiger partial charge in [0.2, 0.25) is 0 Å². The quantitative estimate of drug-likeness (QED) is 0.420. The molecular formula is C26H30N6O2. The zero-order valence-electron chi connectivity index (χ0n) is 20.4. The van der Waals surface area contributed by atoms with E-state index in [1.165, 1.54) is 5.56 Å². The summed E-state index contributed by atoms with van der Waals surface area (Å²) in [6, 6.07) is 10.4. The summed E-state index contributed by atoms with van der Waals surface area (Å²) in [4.78, 5) is 18.9. The van der Waals surface area contributed by atoms with Crippen LogP contribution in [0.5, 0.6) is 0 Å². The molecule has 1 saturated heterocycles. The Labute approximate surface area is 198 Å². The molecule has 34 heavy (non-hydrogen) atoms. The first-order chi connectivity index (χ1) is 16.2. The molecule has 1 aliphatic heterocycles. The first-order valence-electron chi connectivity index (χ1n) is 11.7. The normalized spacial score (nSPS) is 15.3. The molecule has 8 nitrogen and oxygen atoms in total. The fourth-order valence-corrected chi connectivity index (χ4v) is 4.61. The lowest BCUT2D eigenvalue weighted by atomic mass is 9.89. The van der Waals surface area contributed by atoms with Crippen LogP contribution in [0.15, 0.2) is 36.5 Å². The highest BCUT2D eigenvalue weighted by molar-refractivity contribution is 5.86. The van der Waals surface area contributed by atoms with Gasteiger partial charge in [0.05, 0.1) is 11.0 Å². The minimum Gasteiger partial charge on any atom is -0.444 e. The van der Waals surface area contributed by atoms with E-state index in [-0.39, 0.29) is 6.09 Å². The standard InChI is InChI=1S/C26H30N6O2/c1-16-12-19(13-20-15-31(5)30-23(16)20)24-27-21-7-6-18(14-22(21)28-29-24)17-8-10-32(11-9-17)25(33)34-26(2,3)4/h6-7,12-15,17H,8-11H2,1-5H3. The molecule has 1 aliphatic rings. The third kappa shape index (κ3) is 4.44. The summed E-state index contributed by atoms with van der Waals surface area (Å²) >= 11 is 0. The lowest BCUT2D eigenvalue weighted by Gasteiger charge is -2.33. The number of nitrogens with zero attached hydrogens (tertiary/aromatic N) is 6. The molecule has 0 atom stereocenters. The van der Waals surface area contributed by atoms with Gasteiger partial charge in [-0.2, -0.15) is 5.10 Å². The number of hydrogen-bond acceptors (Lipinski definition) is 6. The molecule has 8 heteroatoms. The molecule has 5 rings (SSSR count). The van der Waals surface area contributed by atoms with Crippen LogP contribution >= 0.6 is 0 Å². The van der Waals surface area contributed by atoms with E-state index in [0.717, 1.165) is 45.9 Å². The van der Waals surface area contributed by atoms with Gasteiger partial charge in [-0.1, -0.05) is 6.07 Å². The maximum atomic E-state index is 12.3. The molecule has 4 aromatic rings. The summed E-state index contributed by atoms with van der Waals surface area (Å²) in [5.74, 6) is 0.986. The van der Waals surface area contributed by atoms with Crippen molar-refractivity contribution in [2.24, 2.45) is 7.05 Å². The number of rotatable bonds is 2. The molecule has 0 bridgehead atoms. The van der Waals surface area contributed by atoms with Crippen molar-refractivity contribution in [2.75, 3.05) is 13.1 Å². The predicted molar refractivity (Wildman–Crippen MR) is 132 cm³/mol. The highest BCUT2D eigenvalue weighted by Crippen LogP contribution is 2.31. The van der Waals surface area contributed by atoms with Crippen molar-refractivity contribution in [3.8, 4) is 11.4 Å². The number of carbonyl (C=O) groups is 1. The topological polar surface area (TPSA) is 86.0 Å². The summed E-state index contributed by atoms with van der Waals surface area (Å²) in [7, 11) is 1.92. The Kier molecular flexibility index (Phi) is 5.46. The highest BCUT2D eigenvalue weighted by Gasteiger charge is 2.27. The number of benzene rings is 2. The van der Waals surface area contributed by atoms with Gasteiger partial charge in [0, 0.05) is 37.3 Å². The van der Waals surface area contributed by atoms with E-state index >= 15 is 0 Å². The third-order valence-electron chi connectivity index (χ3n) is 6.27. The molecule has 3 heterocycles. The van der Waals surface area contributed by atoms with E-state index in [0.29, 0.717) is 24.8 Å². The molecule has 1 amide bonds. The Morgan fingerprint density at radius 3 is 2.56 bits per heavy atom. The van der Waals surface area contributed by atoms with Crippen LogP contribution in [0, 0.1) is 6.92 Å². The second-order valence-electron chi connectivity index (χ2n) is 10.2. The minimum absolute atomic E-state index is 0.230.